The van der Waals surface area contributed by atoms with Crippen LogP contribution in [0, 0.1) is 0 Å². The van der Waals surface area contributed by atoms with E-state index in [0.717, 1.165) is 0 Å². The Morgan fingerprint density at radius 2 is 2.50 bits per heavy atom. The molecule has 1 aliphatic rings. The van der Waals surface area contributed by atoms with Gasteiger partial charge in [-0.3, -0.25) is 0 Å². The molecule has 0 saturated heterocycles. The van der Waals surface area contributed by atoms with Gasteiger partial charge >= 0.3 is 12.7 Å². The lowest BCUT2D eigenvalue weighted by Gasteiger charge is -2.00. The van der Waals surface area contributed by atoms with Crippen LogP contribution in [0.2, 0.25) is 0 Å². The van der Waals surface area contributed by atoms with Crippen molar-refractivity contribution in [3.8, 4) is 0 Å². The summed E-state index contributed by atoms with van der Waals surface area (Å²) in [6.45, 7) is 0. The van der Waals surface area contributed by atoms with Gasteiger partial charge in [0.1, 0.15) is 7.05 Å². The molecule has 0 aromatic heterocycles. The van der Waals surface area contributed by atoms with Crippen LogP contribution >= 0.6 is 0 Å². The molecule has 0 aromatic rings. The predicted molar refractivity (Wildman–Crippen MR) is 24.5 cm³/mol. The van der Waals surface area contributed by atoms with Crippen molar-refractivity contribution < 1.29 is 9.39 Å². The minimum Gasteiger partial charge on any atom is -0.231 e. The van der Waals surface area contributed by atoms with Gasteiger partial charge in [-0.1, -0.05) is 9.69 Å². The number of quaternary nitrogens is 1. The zero-order chi connectivity index (χ0) is 6.04. The summed E-state index contributed by atoms with van der Waals surface area (Å²) >= 11 is 0. The SMILES string of the molecule is C[N+]1(C=O)[C]=NN=N1. The van der Waals surface area contributed by atoms with Crippen molar-refractivity contribution in [2.24, 2.45) is 15.5 Å². The van der Waals surface area contributed by atoms with E-state index in [1.54, 1.807) is 0 Å². The second kappa shape index (κ2) is 1.45. The zero-order valence-corrected chi connectivity index (χ0v) is 4.27. The average Bonchev–Trinajstić information content (AvgIpc) is 2.17. The third-order valence-electron chi connectivity index (χ3n) is 0.723. The molecule has 0 spiro atoms. The van der Waals surface area contributed by atoms with Crippen LogP contribution in [0.1, 0.15) is 0 Å². The highest BCUT2D eigenvalue weighted by molar-refractivity contribution is 5.59. The number of hydrogen-bond acceptors (Lipinski definition) is 4. The Hall–Kier alpha value is -1.10. The Labute approximate surface area is 45.9 Å². The van der Waals surface area contributed by atoms with Crippen LogP contribution in [-0.4, -0.2) is 24.4 Å². The molecule has 0 N–H and O–H groups in total. The standard InChI is InChI=1S/C3H4N4O/c1-7(3-8)2-4-5-6-7/h3H,1H3/q+1. The maximum Gasteiger partial charge on any atom is 0.371 e. The Balaban J connectivity index is 2.83. The van der Waals surface area contributed by atoms with Crippen LogP contribution in [0.25, 0.3) is 0 Å². The number of carbonyl (C=O) groups is 1. The minimum absolute atomic E-state index is 0.319. The van der Waals surface area contributed by atoms with Crippen LogP contribution in [0.5, 0.6) is 0 Å². The van der Waals surface area contributed by atoms with Crippen molar-refractivity contribution in [3.63, 3.8) is 0 Å². The van der Waals surface area contributed by atoms with Crippen molar-refractivity contribution >= 4 is 12.7 Å². The van der Waals surface area contributed by atoms with E-state index >= 15 is 0 Å². The van der Waals surface area contributed by atoms with Gasteiger partial charge in [-0.2, -0.15) is 0 Å². The second-order valence-corrected chi connectivity index (χ2v) is 1.51. The first-order chi connectivity index (χ1) is 3.77. The Bertz CT molecular complexity index is 149. The molecule has 1 amide bonds. The lowest BCUT2D eigenvalue weighted by Crippen LogP contribution is -2.32. The summed E-state index contributed by atoms with van der Waals surface area (Å²) in [6.07, 6.45) is 2.93. The number of rotatable bonds is 1. The van der Waals surface area contributed by atoms with Gasteiger partial charge in [0.05, 0.1) is 5.22 Å². The van der Waals surface area contributed by atoms with E-state index < -0.39 is 0 Å². The third kappa shape index (κ3) is 0.627. The molecule has 0 bridgehead atoms. The quantitative estimate of drug-likeness (QED) is 0.342. The fraction of sp³-hybridized carbons (Fsp3) is 0.333. The van der Waals surface area contributed by atoms with E-state index in [1.165, 1.54) is 7.05 Å². The van der Waals surface area contributed by atoms with Crippen LogP contribution in [0.3, 0.4) is 0 Å². The summed E-state index contributed by atoms with van der Waals surface area (Å²) in [5.41, 5.74) is 0. The van der Waals surface area contributed by atoms with E-state index in [4.69, 9.17) is 0 Å². The maximum absolute atomic E-state index is 10.0. The number of hydrogen-bond donors (Lipinski definition) is 0. The molecule has 0 fully saturated rings. The average molecular weight is 112 g/mol. The summed E-state index contributed by atoms with van der Waals surface area (Å²) in [4.78, 5) is 10.0. The highest BCUT2D eigenvalue weighted by Crippen LogP contribution is 2.01. The highest BCUT2D eigenvalue weighted by Gasteiger charge is 2.24. The summed E-state index contributed by atoms with van der Waals surface area (Å²) in [5.74, 6) is 0. The van der Waals surface area contributed by atoms with E-state index in [9.17, 15) is 4.79 Å². The summed E-state index contributed by atoms with van der Waals surface area (Å²) < 4.78 is -0.319. The Morgan fingerprint density at radius 1 is 1.75 bits per heavy atom. The van der Waals surface area contributed by atoms with E-state index in [0.29, 0.717) is 6.41 Å². The van der Waals surface area contributed by atoms with Crippen molar-refractivity contribution in [2.45, 2.75) is 0 Å². The van der Waals surface area contributed by atoms with Gasteiger partial charge in [0.15, 0.2) is 0 Å². The molecule has 41 valence electrons. The van der Waals surface area contributed by atoms with Crippen molar-refractivity contribution in [2.75, 3.05) is 7.05 Å². The first-order valence-electron chi connectivity index (χ1n) is 1.99. The number of amides is 1. The zero-order valence-electron chi connectivity index (χ0n) is 4.27. The molecule has 5 nitrogen and oxygen atoms in total. The molecule has 1 radical (unpaired) electrons. The Morgan fingerprint density at radius 3 is 2.75 bits per heavy atom. The van der Waals surface area contributed by atoms with Crippen LogP contribution < -0.4 is 0 Å². The van der Waals surface area contributed by atoms with Crippen LogP contribution in [-0.2, 0) is 4.79 Å². The monoisotopic (exact) mass is 112 g/mol. The lowest BCUT2D eigenvalue weighted by molar-refractivity contribution is -0.732. The molecule has 0 aliphatic carbocycles. The van der Waals surface area contributed by atoms with E-state index in [2.05, 4.69) is 21.9 Å². The van der Waals surface area contributed by atoms with E-state index in [1.807, 2.05) is 0 Å². The van der Waals surface area contributed by atoms with E-state index in [-0.39, 0.29) is 4.59 Å². The number of carbonyl (C=O) groups excluding carboxylic acids is 1. The van der Waals surface area contributed by atoms with Crippen LogP contribution in [0.15, 0.2) is 15.5 Å². The number of nitrogens with zero attached hydrogens (tertiary/aromatic N) is 4. The molecule has 5 heteroatoms. The highest BCUT2D eigenvalue weighted by atomic mass is 16.2. The van der Waals surface area contributed by atoms with Gasteiger partial charge in [-0.15, -0.1) is 0 Å². The lowest BCUT2D eigenvalue weighted by atomic mass is 10.9. The molecule has 0 saturated carbocycles. The molecule has 8 heavy (non-hydrogen) atoms. The first kappa shape index (κ1) is 5.04. The van der Waals surface area contributed by atoms with Crippen molar-refractivity contribution in [1.29, 1.82) is 0 Å². The largest absolute Gasteiger partial charge is 0.371 e. The molecule has 1 unspecified atom stereocenters. The molecule has 1 rings (SSSR count). The summed E-state index contributed by atoms with van der Waals surface area (Å²) in [5, 5.41) is 9.85. The van der Waals surface area contributed by atoms with Crippen LogP contribution in [0.4, 0.5) is 0 Å². The fourth-order valence-corrected chi connectivity index (χ4v) is 0.278. The summed E-state index contributed by atoms with van der Waals surface area (Å²) in [7, 11) is 1.52. The van der Waals surface area contributed by atoms with Gasteiger partial charge in [0.2, 0.25) is 0 Å². The van der Waals surface area contributed by atoms with Gasteiger partial charge in [-0.25, -0.2) is 4.79 Å². The topological polar surface area (TPSA) is 54.1 Å². The molecular weight excluding hydrogens is 108 g/mol. The molecular formula is C3H4N4O+. The fourth-order valence-electron chi connectivity index (χ4n) is 0.278. The predicted octanol–water partition coefficient (Wildman–Crippen LogP) is -0.210. The first-order valence-corrected chi connectivity index (χ1v) is 1.99. The smallest absolute Gasteiger partial charge is 0.231 e. The molecule has 0 aromatic carbocycles. The van der Waals surface area contributed by atoms with Crippen molar-refractivity contribution in [1.82, 2.24) is 0 Å². The third-order valence-corrected chi connectivity index (χ3v) is 0.723. The Kier molecular flexibility index (Phi) is 0.911. The van der Waals surface area contributed by atoms with Gasteiger partial charge in [-0.05, 0) is 0 Å². The van der Waals surface area contributed by atoms with Crippen molar-refractivity contribution in [3.05, 3.63) is 0 Å². The maximum atomic E-state index is 10.0. The normalized spacial score (nSPS) is 33.6. The molecule has 1 aliphatic heterocycles. The minimum atomic E-state index is -0.319. The van der Waals surface area contributed by atoms with Gasteiger partial charge in [0.25, 0.3) is 0 Å². The van der Waals surface area contributed by atoms with Gasteiger partial charge < -0.3 is 0 Å². The second-order valence-electron chi connectivity index (χ2n) is 1.51. The van der Waals surface area contributed by atoms with Gasteiger partial charge in [0, 0.05) is 5.22 Å². The summed E-state index contributed by atoms with van der Waals surface area (Å²) in [6, 6.07) is 0. The molecule has 1 atom stereocenters. The molecule has 1 heterocycles.